The number of carbonyl (C=O) groups is 2. The van der Waals surface area contributed by atoms with Crippen molar-refractivity contribution in [1.29, 1.82) is 0 Å². The van der Waals surface area contributed by atoms with Crippen LogP contribution < -0.4 is 0 Å². The number of hydrogen-bond donors (Lipinski definition) is 2. The van der Waals surface area contributed by atoms with Gasteiger partial charge in [-0.25, -0.2) is 9.59 Å². The molecule has 26 heavy (non-hydrogen) atoms. The fraction of sp³-hybridized carbons (Fsp3) is 0.444. The van der Waals surface area contributed by atoms with Crippen molar-refractivity contribution in [2.45, 2.75) is 47.4 Å². The molecular weight excluding hydrogens is 397 g/mol. The Morgan fingerprint density at radius 2 is 2.04 bits per heavy atom. The predicted octanol–water partition coefficient (Wildman–Crippen LogP) is 4.18. The molecule has 2 saturated heterocycles. The van der Waals surface area contributed by atoms with Gasteiger partial charge in [0.05, 0.1) is 21.2 Å². The van der Waals surface area contributed by atoms with Crippen LogP contribution in [0.4, 0.5) is 0 Å². The summed E-state index contributed by atoms with van der Waals surface area (Å²) in [6.45, 7) is 0. The third-order valence-electron chi connectivity index (χ3n) is 5.41. The van der Waals surface area contributed by atoms with Crippen molar-refractivity contribution in [1.82, 2.24) is 4.90 Å². The third kappa shape index (κ3) is 3.60. The number of hydrogen-bond acceptors (Lipinski definition) is 4. The van der Waals surface area contributed by atoms with Gasteiger partial charge in [0.25, 0.3) is 0 Å². The molecule has 0 aromatic heterocycles. The van der Waals surface area contributed by atoms with Crippen molar-refractivity contribution in [2.75, 3.05) is 7.05 Å². The summed E-state index contributed by atoms with van der Waals surface area (Å²) >= 11 is 13.7. The number of fused-ring (bicyclic) bond motifs is 2. The molecule has 2 fully saturated rings. The fourth-order valence-electron chi connectivity index (χ4n) is 4.20. The molecule has 5 nitrogen and oxygen atoms in total. The SMILES string of the molecule is CN1C2CCC1(/C(=C\C(=O)O)C(=O)O)CC(Sc1ccc(Cl)c(Cl)c1)C2. The molecule has 2 bridgehead atoms. The molecule has 2 aliphatic rings. The van der Waals surface area contributed by atoms with Gasteiger partial charge in [0.2, 0.25) is 0 Å². The second-order valence-electron chi connectivity index (χ2n) is 6.79. The highest BCUT2D eigenvalue weighted by atomic mass is 35.5. The summed E-state index contributed by atoms with van der Waals surface area (Å²) in [5.41, 5.74) is -0.782. The summed E-state index contributed by atoms with van der Waals surface area (Å²) < 4.78 is 0. The van der Waals surface area contributed by atoms with E-state index in [1.165, 1.54) is 0 Å². The number of carboxylic acid groups (broad SMARTS) is 2. The lowest BCUT2D eigenvalue weighted by molar-refractivity contribution is -0.136. The average Bonchev–Trinajstić information content (AvgIpc) is 2.75. The van der Waals surface area contributed by atoms with Gasteiger partial charge in [-0.2, -0.15) is 0 Å². The summed E-state index contributed by atoms with van der Waals surface area (Å²) in [6, 6.07) is 5.70. The van der Waals surface area contributed by atoms with Crippen LogP contribution in [0.15, 0.2) is 34.7 Å². The van der Waals surface area contributed by atoms with E-state index in [1.807, 2.05) is 19.2 Å². The van der Waals surface area contributed by atoms with E-state index in [-0.39, 0.29) is 16.9 Å². The number of piperidine rings is 1. The smallest absolute Gasteiger partial charge is 0.333 e. The Bertz CT molecular complexity index is 784. The van der Waals surface area contributed by atoms with E-state index in [9.17, 15) is 14.7 Å². The van der Waals surface area contributed by atoms with Gasteiger partial charge in [-0.1, -0.05) is 23.2 Å². The Labute approximate surface area is 166 Å². The molecule has 8 heteroatoms. The molecule has 0 amide bonds. The van der Waals surface area contributed by atoms with Gasteiger partial charge in [-0.05, 0) is 50.9 Å². The Hall–Kier alpha value is -1.21. The lowest BCUT2D eigenvalue weighted by Crippen LogP contribution is -2.54. The van der Waals surface area contributed by atoms with Crippen LogP contribution in [-0.4, -0.2) is 50.9 Å². The Morgan fingerprint density at radius 3 is 2.65 bits per heavy atom. The van der Waals surface area contributed by atoms with Crippen molar-refractivity contribution < 1.29 is 19.8 Å². The van der Waals surface area contributed by atoms with Crippen molar-refractivity contribution in [3.05, 3.63) is 39.9 Å². The van der Waals surface area contributed by atoms with Crippen LogP contribution in [0.2, 0.25) is 10.0 Å². The lowest BCUT2D eigenvalue weighted by Gasteiger charge is -2.46. The second kappa shape index (κ2) is 7.43. The Kier molecular flexibility index (Phi) is 5.58. The van der Waals surface area contributed by atoms with Crippen LogP contribution in [-0.2, 0) is 9.59 Å². The average molecular weight is 416 g/mol. The van der Waals surface area contributed by atoms with Crippen LogP contribution in [0.25, 0.3) is 0 Å². The van der Waals surface area contributed by atoms with Crippen molar-refractivity contribution in [2.24, 2.45) is 0 Å². The summed E-state index contributed by atoms with van der Waals surface area (Å²) in [5.74, 6) is -2.40. The van der Waals surface area contributed by atoms with Gasteiger partial charge < -0.3 is 10.2 Å². The van der Waals surface area contributed by atoms with Crippen LogP contribution in [0, 0.1) is 0 Å². The number of aliphatic carboxylic acids is 2. The number of thioether (sulfide) groups is 1. The third-order valence-corrected chi connectivity index (χ3v) is 7.37. The summed E-state index contributed by atoms with van der Waals surface area (Å²) in [7, 11) is 1.90. The second-order valence-corrected chi connectivity index (χ2v) is 8.98. The van der Waals surface area contributed by atoms with E-state index >= 15 is 0 Å². The molecule has 2 aliphatic heterocycles. The monoisotopic (exact) mass is 415 g/mol. The van der Waals surface area contributed by atoms with Crippen LogP contribution in [0.1, 0.15) is 25.7 Å². The molecule has 0 aliphatic carbocycles. The van der Waals surface area contributed by atoms with Gasteiger partial charge in [0.15, 0.2) is 0 Å². The first-order valence-electron chi connectivity index (χ1n) is 8.26. The minimum atomic E-state index is -1.23. The zero-order valence-electron chi connectivity index (χ0n) is 14.1. The number of rotatable bonds is 5. The van der Waals surface area contributed by atoms with Gasteiger partial charge in [-0.15, -0.1) is 11.8 Å². The molecule has 2 N–H and O–H groups in total. The Morgan fingerprint density at radius 1 is 1.31 bits per heavy atom. The molecule has 0 radical (unpaired) electrons. The van der Waals surface area contributed by atoms with Gasteiger partial charge in [0.1, 0.15) is 0 Å². The maximum atomic E-state index is 11.8. The highest BCUT2D eigenvalue weighted by Crippen LogP contribution is 2.51. The van der Waals surface area contributed by atoms with Gasteiger partial charge >= 0.3 is 11.9 Å². The number of halogens is 2. The fourth-order valence-corrected chi connectivity index (χ4v) is 5.95. The summed E-state index contributed by atoms with van der Waals surface area (Å²) in [4.78, 5) is 26.0. The number of nitrogens with zero attached hydrogens (tertiary/aromatic N) is 1. The first kappa shape index (κ1) is 19.5. The van der Waals surface area contributed by atoms with Crippen LogP contribution in [0.5, 0.6) is 0 Å². The predicted molar refractivity (Wildman–Crippen MR) is 102 cm³/mol. The molecular formula is C18H19Cl2NO4S. The highest BCUT2D eigenvalue weighted by molar-refractivity contribution is 8.00. The summed E-state index contributed by atoms with van der Waals surface area (Å²) in [5, 5.41) is 19.9. The van der Waals surface area contributed by atoms with Crippen molar-refractivity contribution >= 4 is 46.9 Å². The first-order valence-corrected chi connectivity index (χ1v) is 9.89. The van der Waals surface area contributed by atoms with E-state index in [0.29, 0.717) is 22.9 Å². The summed E-state index contributed by atoms with van der Waals surface area (Å²) in [6.07, 6.45) is 3.87. The molecule has 3 atom stereocenters. The topological polar surface area (TPSA) is 77.8 Å². The molecule has 1 aromatic carbocycles. The molecule has 3 unspecified atom stereocenters. The molecule has 2 heterocycles. The molecule has 1 aromatic rings. The maximum Gasteiger partial charge on any atom is 0.333 e. The number of likely N-dealkylation sites (N-methyl/N-ethyl adjacent to an activating group) is 1. The van der Waals surface area contributed by atoms with Crippen molar-refractivity contribution in [3.63, 3.8) is 0 Å². The lowest BCUT2D eigenvalue weighted by atomic mass is 9.81. The Balaban J connectivity index is 1.90. The van der Waals surface area contributed by atoms with Crippen molar-refractivity contribution in [3.8, 4) is 0 Å². The minimum absolute atomic E-state index is 0.0329. The zero-order chi connectivity index (χ0) is 19.1. The highest BCUT2D eigenvalue weighted by Gasteiger charge is 2.54. The van der Waals surface area contributed by atoms with Gasteiger partial charge in [0, 0.05) is 22.3 Å². The maximum absolute atomic E-state index is 11.8. The van der Waals surface area contributed by atoms with Crippen LogP contribution >= 0.6 is 35.0 Å². The van der Waals surface area contributed by atoms with E-state index < -0.39 is 17.5 Å². The van der Waals surface area contributed by atoms with Crippen LogP contribution in [0.3, 0.4) is 0 Å². The quantitative estimate of drug-likeness (QED) is 0.702. The number of carboxylic acids is 2. The van der Waals surface area contributed by atoms with E-state index in [4.69, 9.17) is 28.3 Å². The standard InChI is InChI=1S/C18H19Cl2NO4S/c1-21-10-4-5-18(21,13(17(24)25)8-16(22)23)9-12(6-10)26-11-2-3-14(19)15(20)7-11/h2-3,7-8,10,12H,4-6,9H2,1H3,(H,22,23)(H,24,25)/b13-8-. The van der Waals surface area contributed by atoms with E-state index in [2.05, 4.69) is 4.90 Å². The molecule has 0 spiro atoms. The largest absolute Gasteiger partial charge is 0.478 e. The normalized spacial score (nSPS) is 29.0. The van der Waals surface area contributed by atoms with Gasteiger partial charge in [-0.3, -0.25) is 4.90 Å². The minimum Gasteiger partial charge on any atom is -0.478 e. The van der Waals surface area contributed by atoms with E-state index in [0.717, 1.165) is 23.8 Å². The van der Waals surface area contributed by atoms with E-state index in [1.54, 1.807) is 17.8 Å². The zero-order valence-corrected chi connectivity index (χ0v) is 16.4. The molecule has 0 saturated carbocycles. The number of benzene rings is 1. The molecule has 3 rings (SSSR count). The first-order chi connectivity index (χ1) is 12.2. The molecule has 140 valence electrons.